The number of amides is 1. The molecule has 0 saturated carbocycles. The van der Waals surface area contributed by atoms with Gasteiger partial charge in [0, 0.05) is 5.41 Å². The maximum Gasteiger partial charge on any atom is 0.230 e. The summed E-state index contributed by atoms with van der Waals surface area (Å²) in [6, 6.07) is 0. The molecule has 1 amide bonds. The largest absolute Gasteiger partial charge is 0.309 e. The highest BCUT2D eigenvalue weighted by Gasteiger charge is 2.21. The fourth-order valence-electron chi connectivity index (χ4n) is 1.12. The number of carbonyl (C=O) groups excluding carboxylic acids is 1. The lowest BCUT2D eigenvalue weighted by atomic mass is 9.96. The van der Waals surface area contributed by atoms with Crippen LogP contribution in [0.4, 0.5) is 5.82 Å². The molecule has 1 aromatic heterocycles. The first-order valence-corrected chi connectivity index (χ1v) is 6.76. The quantitative estimate of drug-likeness (QED) is 0.834. The highest BCUT2D eigenvalue weighted by molar-refractivity contribution is 5.93. The van der Waals surface area contributed by atoms with E-state index >= 15 is 0 Å². The van der Waals surface area contributed by atoms with Crippen molar-refractivity contribution in [2.75, 3.05) is 5.32 Å². The molecule has 0 bridgehead atoms. The molecule has 1 rings (SSSR count). The first kappa shape index (κ1) is 17.1. The third kappa shape index (κ3) is 5.91. The minimum absolute atomic E-state index is 0.113. The normalized spacial score (nSPS) is 11.9. The van der Waals surface area contributed by atoms with Crippen LogP contribution in [0.5, 0.6) is 0 Å². The van der Waals surface area contributed by atoms with E-state index in [-0.39, 0.29) is 11.5 Å². The van der Waals surface area contributed by atoms with E-state index in [2.05, 4.69) is 27.3 Å². The number of rotatable bonds is 4. The predicted octanol–water partition coefficient (Wildman–Crippen LogP) is 2.75. The Balaban J connectivity index is 2.66. The van der Waals surface area contributed by atoms with Crippen molar-refractivity contribution in [2.24, 2.45) is 5.41 Å². The molecule has 0 aliphatic heterocycles. The molecule has 1 heterocycles. The van der Waals surface area contributed by atoms with Crippen LogP contribution < -0.4 is 10.8 Å². The van der Waals surface area contributed by atoms with Crippen molar-refractivity contribution < 1.29 is 9.63 Å². The number of carbonyl (C=O) groups is 1. The standard InChI is InChI=1S/C15H24N4O2/c1-10(19-21-15(5,6)7)11-8-17-12(9-16-11)18-13(20)14(2,3)4/h8-9,19H,1H2,2-7H3,(H,17,18,20). The summed E-state index contributed by atoms with van der Waals surface area (Å²) in [5, 5.41) is 2.71. The molecule has 0 atom stereocenters. The van der Waals surface area contributed by atoms with Gasteiger partial charge in [0.15, 0.2) is 5.82 Å². The second-order valence-corrected chi connectivity index (χ2v) is 6.79. The molecule has 0 spiro atoms. The van der Waals surface area contributed by atoms with Crippen molar-refractivity contribution in [1.29, 1.82) is 0 Å². The maximum atomic E-state index is 11.8. The van der Waals surface area contributed by atoms with Gasteiger partial charge in [0.2, 0.25) is 5.91 Å². The van der Waals surface area contributed by atoms with Crippen molar-refractivity contribution in [3.8, 4) is 0 Å². The summed E-state index contributed by atoms with van der Waals surface area (Å²) >= 11 is 0. The Morgan fingerprint density at radius 1 is 1.14 bits per heavy atom. The number of anilines is 1. The number of hydroxylamine groups is 1. The van der Waals surface area contributed by atoms with E-state index in [0.29, 0.717) is 17.2 Å². The number of hydrogen-bond donors (Lipinski definition) is 2. The van der Waals surface area contributed by atoms with Crippen LogP contribution in [0, 0.1) is 5.41 Å². The average molecular weight is 292 g/mol. The lowest BCUT2D eigenvalue weighted by Crippen LogP contribution is -2.29. The minimum Gasteiger partial charge on any atom is -0.309 e. The molecule has 2 N–H and O–H groups in total. The molecule has 0 unspecified atom stereocenters. The van der Waals surface area contributed by atoms with Crippen LogP contribution >= 0.6 is 0 Å². The number of nitrogens with zero attached hydrogens (tertiary/aromatic N) is 2. The Morgan fingerprint density at radius 2 is 1.76 bits per heavy atom. The molecule has 0 saturated heterocycles. The summed E-state index contributed by atoms with van der Waals surface area (Å²) < 4.78 is 0. The zero-order valence-electron chi connectivity index (χ0n) is 13.6. The van der Waals surface area contributed by atoms with Gasteiger partial charge in [-0.15, -0.1) is 0 Å². The summed E-state index contributed by atoms with van der Waals surface area (Å²) in [4.78, 5) is 25.6. The molecular formula is C15H24N4O2. The molecule has 0 aliphatic rings. The van der Waals surface area contributed by atoms with Gasteiger partial charge in [-0.25, -0.2) is 9.97 Å². The molecule has 0 aliphatic carbocycles. The van der Waals surface area contributed by atoms with E-state index in [1.807, 2.05) is 41.5 Å². The number of hydrogen-bond acceptors (Lipinski definition) is 5. The summed E-state index contributed by atoms with van der Waals surface area (Å²) in [5.74, 6) is 0.292. The van der Waals surface area contributed by atoms with Crippen molar-refractivity contribution >= 4 is 17.4 Å². The van der Waals surface area contributed by atoms with Gasteiger partial charge in [-0.05, 0) is 20.8 Å². The smallest absolute Gasteiger partial charge is 0.230 e. The van der Waals surface area contributed by atoms with Crippen molar-refractivity contribution in [2.45, 2.75) is 47.1 Å². The van der Waals surface area contributed by atoms with Gasteiger partial charge < -0.3 is 5.32 Å². The van der Waals surface area contributed by atoms with Crippen molar-refractivity contribution in [3.05, 3.63) is 24.7 Å². The summed E-state index contributed by atoms with van der Waals surface area (Å²) in [7, 11) is 0. The molecule has 0 radical (unpaired) electrons. The highest BCUT2D eigenvalue weighted by Crippen LogP contribution is 2.16. The van der Waals surface area contributed by atoms with E-state index in [0.717, 1.165) is 0 Å². The van der Waals surface area contributed by atoms with Gasteiger partial charge in [0.05, 0.1) is 23.7 Å². The van der Waals surface area contributed by atoms with Crippen LogP contribution in [-0.4, -0.2) is 21.5 Å². The molecule has 6 heteroatoms. The zero-order chi connectivity index (χ0) is 16.3. The monoisotopic (exact) mass is 292 g/mol. The molecule has 6 nitrogen and oxygen atoms in total. The SMILES string of the molecule is C=C(NOC(C)(C)C)c1cnc(NC(=O)C(C)(C)C)cn1. The van der Waals surface area contributed by atoms with Gasteiger partial charge >= 0.3 is 0 Å². The Bertz CT molecular complexity index is 510. The molecule has 0 fully saturated rings. The zero-order valence-corrected chi connectivity index (χ0v) is 13.6. The third-order valence-electron chi connectivity index (χ3n) is 2.36. The lowest BCUT2D eigenvalue weighted by molar-refractivity contribution is -0.123. The van der Waals surface area contributed by atoms with Gasteiger partial charge in [-0.3, -0.25) is 15.1 Å². The first-order chi connectivity index (χ1) is 9.49. The van der Waals surface area contributed by atoms with Gasteiger partial charge in [0.1, 0.15) is 5.69 Å². The molecular weight excluding hydrogens is 268 g/mol. The Labute approximate surface area is 126 Å². The van der Waals surface area contributed by atoms with E-state index < -0.39 is 5.41 Å². The van der Waals surface area contributed by atoms with E-state index in [9.17, 15) is 4.79 Å². The number of aromatic nitrogens is 2. The van der Waals surface area contributed by atoms with Crippen LogP contribution in [0.25, 0.3) is 5.70 Å². The van der Waals surface area contributed by atoms with Crippen LogP contribution in [-0.2, 0) is 9.63 Å². The molecule has 0 aromatic carbocycles. The van der Waals surface area contributed by atoms with Crippen molar-refractivity contribution in [3.63, 3.8) is 0 Å². The highest BCUT2D eigenvalue weighted by atomic mass is 16.7. The summed E-state index contributed by atoms with van der Waals surface area (Å²) in [5.41, 5.74) is 2.98. The van der Waals surface area contributed by atoms with E-state index in [1.165, 1.54) is 12.4 Å². The van der Waals surface area contributed by atoms with Crippen molar-refractivity contribution in [1.82, 2.24) is 15.4 Å². The Morgan fingerprint density at radius 3 is 2.19 bits per heavy atom. The fraction of sp³-hybridized carbons (Fsp3) is 0.533. The summed E-state index contributed by atoms with van der Waals surface area (Å²) in [6.45, 7) is 15.1. The van der Waals surface area contributed by atoms with E-state index in [4.69, 9.17) is 4.84 Å². The fourth-order valence-corrected chi connectivity index (χ4v) is 1.12. The Hall–Kier alpha value is -1.95. The van der Waals surface area contributed by atoms with Crippen LogP contribution in [0.15, 0.2) is 19.0 Å². The van der Waals surface area contributed by atoms with E-state index in [1.54, 1.807) is 0 Å². The second kappa shape index (κ2) is 6.22. The Kier molecular flexibility index (Phi) is 5.06. The molecule has 1 aromatic rings. The van der Waals surface area contributed by atoms with Gasteiger partial charge in [-0.2, -0.15) is 0 Å². The third-order valence-corrected chi connectivity index (χ3v) is 2.36. The topological polar surface area (TPSA) is 76.1 Å². The average Bonchev–Trinajstić information content (AvgIpc) is 2.35. The van der Waals surface area contributed by atoms with Crippen LogP contribution in [0.1, 0.15) is 47.2 Å². The predicted molar refractivity (Wildman–Crippen MR) is 83.1 cm³/mol. The van der Waals surface area contributed by atoms with Gasteiger partial charge in [-0.1, -0.05) is 27.4 Å². The maximum absolute atomic E-state index is 11.8. The number of nitrogens with one attached hydrogen (secondary N) is 2. The minimum atomic E-state index is -0.480. The summed E-state index contributed by atoms with van der Waals surface area (Å²) in [6.07, 6.45) is 3.02. The first-order valence-electron chi connectivity index (χ1n) is 6.76. The van der Waals surface area contributed by atoms with Gasteiger partial charge in [0.25, 0.3) is 0 Å². The van der Waals surface area contributed by atoms with Crippen LogP contribution in [0.2, 0.25) is 0 Å². The van der Waals surface area contributed by atoms with Crippen LogP contribution in [0.3, 0.4) is 0 Å². The molecule has 21 heavy (non-hydrogen) atoms. The molecule has 116 valence electrons. The second-order valence-electron chi connectivity index (χ2n) is 6.79. The lowest BCUT2D eigenvalue weighted by Gasteiger charge is -2.20.